The van der Waals surface area contributed by atoms with Crippen LogP contribution < -0.4 is 11.3 Å². The molecule has 96 valence electrons. The van der Waals surface area contributed by atoms with Gasteiger partial charge in [-0.3, -0.25) is 11.3 Å². The summed E-state index contributed by atoms with van der Waals surface area (Å²) in [6.45, 7) is 4.53. The van der Waals surface area contributed by atoms with Gasteiger partial charge in [0, 0.05) is 10.5 Å². The average molecular weight is 299 g/mol. The first-order chi connectivity index (χ1) is 8.11. The summed E-state index contributed by atoms with van der Waals surface area (Å²) in [6.07, 6.45) is 4.66. The Labute approximate surface area is 113 Å². The summed E-state index contributed by atoms with van der Waals surface area (Å²) in [7, 11) is 0. The molecule has 0 aromatic heterocycles. The number of hydrazine groups is 1. The lowest BCUT2D eigenvalue weighted by Crippen LogP contribution is -2.36. The van der Waals surface area contributed by atoms with Crippen molar-refractivity contribution in [1.29, 1.82) is 0 Å². The highest BCUT2D eigenvalue weighted by atomic mass is 79.9. The Hall–Kier alpha value is -0.380. The monoisotopic (exact) mass is 298 g/mol. The maximum atomic E-state index is 5.61. The van der Waals surface area contributed by atoms with Gasteiger partial charge in [-0.2, -0.15) is 0 Å². The highest BCUT2D eigenvalue weighted by Gasteiger charge is 2.08. The smallest absolute Gasteiger partial charge is 0.0250 e. The van der Waals surface area contributed by atoms with Crippen LogP contribution in [0.15, 0.2) is 28.7 Å². The largest absolute Gasteiger partial charge is 0.271 e. The third-order valence-corrected chi connectivity index (χ3v) is 3.49. The number of halogens is 1. The molecule has 0 aliphatic carbocycles. The van der Waals surface area contributed by atoms with E-state index >= 15 is 0 Å². The van der Waals surface area contributed by atoms with Crippen molar-refractivity contribution < 1.29 is 0 Å². The molecule has 1 aromatic rings. The van der Waals surface area contributed by atoms with E-state index in [2.05, 4.69) is 59.5 Å². The van der Waals surface area contributed by atoms with Gasteiger partial charge >= 0.3 is 0 Å². The third kappa shape index (κ3) is 6.20. The van der Waals surface area contributed by atoms with Gasteiger partial charge < -0.3 is 0 Å². The minimum Gasteiger partial charge on any atom is -0.271 e. The van der Waals surface area contributed by atoms with Gasteiger partial charge in [0.05, 0.1) is 0 Å². The number of nitrogens with two attached hydrogens (primary N) is 1. The Bertz CT molecular complexity index is 309. The number of rotatable bonds is 7. The molecule has 3 N–H and O–H groups in total. The van der Waals surface area contributed by atoms with Crippen molar-refractivity contribution in [2.45, 2.75) is 45.6 Å². The van der Waals surface area contributed by atoms with Gasteiger partial charge in [-0.15, -0.1) is 0 Å². The van der Waals surface area contributed by atoms with Crippen LogP contribution >= 0.6 is 15.9 Å². The molecule has 0 heterocycles. The normalized spacial score (nSPS) is 13.0. The predicted molar refractivity (Wildman–Crippen MR) is 77.6 cm³/mol. The van der Waals surface area contributed by atoms with Crippen LogP contribution in [-0.2, 0) is 6.42 Å². The van der Waals surface area contributed by atoms with E-state index in [0.717, 1.165) is 23.2 Å². The summed E-state index contributed by atoms with van der Waals surface area (Å²) < 4.78 is 1.12. The van der Waals surface area contributed by atoms with E-state index in [0.29, 0.717) is 6.04 Å². The molecule has 0 saturated carbocycles. The van der Waals surface area contributed by atoms with E-state index in [1.54, 1.807) is 0 Å². The minimum absolute atomic E-state index is 0.384. The van der Waals surface area contributed by atoms with Crippen LogP contribution in [0.25, 0.3) is 0 Å². The molecule has 0 aliphatic heterocycles. The van der Waals surface area contributed by atoms with E-state index in [1.165, 1.54) is 18.4 Å². The Balaban J connectivity index is 2.38. The molecule has 0 aliphatic rings. The van der Waals surface area contributed by atoms with Crippen LogP contribution in [0.1, 0.15) is 38.7 Å². The lowest BCUT2D eigenvalue weighted by atomic mass is 9.99. The van der Waals surface area contributed by atoms with E-state index < -0.39 is 0 Å². The Morgan fingerprint density at radius 1 is 1.18 bits per heavy atom. The molecule has 2 nitrogen and oxygen atoms in total. The molecular formula is C14H23BrN2. The lowest BCUT2D eigenvalue weighted by molar-refractivity contribution is 0.441. The van der Waals surface area contributed by atoms with Crippen LogP contribution in [0.3, 0.4) is 0 Å². The van der Waals surface area contributed by atoms with Crippen LogP contribution in [0.2, 0.25) is 0 Å². The fraction of sp³-hybridized carbons (Fsp3) is 0.571. The van der Waals surface area contributed by atoms with Crippen molar-refractivity contribution in [2.75, 3.05) is 0 Å². The van der Waals surface area contributed by atoms with E-state index in [9.17, 15) is 0 Å². The topological polar surface area (TPSA) is 38.0 Å². The fourth-order valence-electron chi connectivity index (χ4n) is 1.92. The predicted octanol–water partition coefficient (Wildman–Crippen LogP) is 3.65. The first-order valence-corrected chi connectivity index (χ1v) is 7.11. The molecule has 0 bridgehead atoms. The van der Waals surface area contributed by atoms with Gasteiger partial charge in [0.15, 0.2) is 0 Å². The fourth-order valence-corrected chi connectivity index (χ4v) is 2.19. The zero-order chi connectivity index (χ0) is 12.7. The standard InChI is InChI=1S/C14H23BrN2/c1-11(2)4-3-5-14(17-16)10-12-6-8-13(15)9-7-12/h6-9,11,14,17H,3-5,10,16H2,1-2H3. The molecule has 0 amide bonds. The van der Waals surface area contributed by atoms with Crippen LogP contribution in [0, 0.1) is 5.92 Å². The van der Waals surface area contributed by atoms with Crippen molar-refractivity contribution in [1.82, 2.24) is 5.43 Å². The van der Waals surface area contributed by atoms with Crippen molar-refractivity contribution in [3.05, 3.63) is 34.3 Å². The molecule has 17 heavy (non-hydrogen) atoms. The van der Waals surface area contributed by atoms with E-state index in [1.807, 2.05) is 0 Å². The Morgan fingerprint density at radius 3 is 2.35 bits per heavy atom. The maximum Gasteiger partial charge on any atom is 0.0250 e. The summed E-state index contributed by atoms with van der Waals surface area (Å²) in [6, 6.07) is 8.84. The molecule has 0 saturated heterocycles. The van der Waals surface area contributed by atoms with E-state index in [4.69, 9.17) is 5.84 Å². The Kier molecular flexibility index (Phi) is 6.78. The molecule has 0 radical (unpaired) electrons. The summed E-state index contributed by atoms with van der Waals surface area (Å²) >= 11 is 3.45. The molecule has 1 rings (SSSR count). The summed E-state index contributed by atoms with van der Waals surface area (Å²) in [5.41, 5.74) is 4.26. The molecule has 0 spiro atoms. The molecule has 3 heteroatoms. The molecule has 1 unspecified atom stereocenters. The zero-order valence-electron chi connectivity index (χ0n) is 10.7. The maximum absolute atomic E-state index is 5.61. The quantitative estimate of drug-likeness (QED) is 0.596. The van der Waals surface area contributed by atoms with Gasteiger partial charge in [0.1, 0.15) is 0 Å². The molecule has 1 aromatic carbocycles. The van der Waals surface area contributed by atoms with E-state index in [-0.39, 0.29) is 0 Å². The second kappa shape index (κ2) is 7.85. The number of hydrogen-bond acceptors (Lipinski definition) is 2. The van der Waals surface area contributed by atoms with Crippen molar-refractivity contribution in [3.63, 3.8) is 0 Å². The lowest BCUT2D eigenvalue weighted by Gasteiger charge is -2.16. The van der Waals surface area contributed by atoms with Gasteiger partial charge in [-0.25, -0.2) is 0 Å². The van der Waals surface area contributed by atoms with Crippen molar-refractivity contribution in [3.8, 4) is 0 Å². The van der Waals surface area contributed by atoms with Crippen LogP contribution in [-0.4, -0.2) is 6.04 Å². The first kappa shape index (κ1) is 14.7. The van der Waals surface area contributed by atoms with Crippen LogP contribution in [0.5, 0.6) is 0 Å². The highest BCUT2D eigenvalue weighted by molar-refractivity contribution is 9.10. The minimum atomic E-state index is 0.384. The first-order valence-electron chi connectivity index (χ1n) is 6.32. The Morgan fingerprint density at radius 2 is 1.82 bits per heavy atom. The zero-order valence-corrected chi connectivity index (χ0v) is 12.3. The number of nitrogens with one attached hydrogen (secondary N) is 1. The summed E-state index contributed by atoms with van der Waals surface area (Å²) in [5, 5.41) is 0. The second-order valence-electron chi connectivity index (χ2n) is 5.02. The second-order valence-corrected chi connectivity index (χ2v) is 5.93. The highest BCUT2D eigenvalue weighted by Crippen LogP contribution is 2.14. The molecule has 0 fully saturated rings. The molecule has 1 atom stereocenters. The average Bonchev–Trinajstić information content (AvgIpc) is 2.30. The summed E-state index contributed by atoms with van der Waals surface area (Å²) in [4.78, 5) is 0. The van der Waals surface area contributed by atoms with Gasteiger partial charge in [0.2, 0.25) is 0 Å². The van der Waals surface area contributed by atoms with Crippen molar-refractivity contribution >= 4 is 15.9 Å². The number of benzene rings is 1. The van der Waals surface area contributed by atoms with Crippen molar-refractivity contribution in [2.24, 2.45) is 11.8 Å². The third-order valence-electron chi connectivity index (χ3n) is 2.97. The van der Waals surface area contributed by atoms with Gasteiger partial charge in [-0.1, -0.05) is 54.8 Å². The van der Waals surface area contributed by atoms with Gasteiger partial charge in [-0.05, 0) is 36.5 Å². The molecular weight excluding hydrogens is 276 g/mol. The summed E-state index contributed by atoms with van der Waals surface area (Å²) in [5.74, 6) is 6.39. The SMILES string of the molecule is CC(C)CCCC(Cc1ccc(Br)cc1)NN. The number of hydrogen-bond donors (Lipinski definition) is 2. The van der Waals surface area contributed by atoms with Gasteiger partial charge in [0.25, 0.3) is 0 Å². The van der Waals surface area contributed by atoms with Crippen LogP contribution in [0.4, 0.5) is 0 Å².